The first kappa shape index (κ1) is 12.7. The number of rotatable bonds is 1. The highest BCUT2D eigenvalue weighted by Crippen LogP contribution is 2.32. The lowest BCUT2D eigenvalue weighted by molar-refractivity contribution is 0.474. The summed E-state index contributed by atoms with van der Waals surface area (Å²) in [6, 6.07) is 6.61. The summed E-state index contributed by atoms with van der Waals surface area (Å²) in [6.07, 6.45) is 6.17. The number of para-hydroxylation sites is 1. The van der Waals surface area contributed by atoms with Crippen molar-refractivity contribution in [1.82, 2.24) is 9.55 Å². The Labute approximate surface area is 114 Å². The Balaban J connectivity index is 2.09. The molecule has 2 unspecified atom stereocenters. The van der Waals surface area contributed by atoms with Crippen molar-refractivity contribution in [2.45, 2.75) is 51.0 Å². The number of hydrogen-bond donors (Lipinski definition) is 1. The SMILES string of the molecule is Cc1cccc2nc(C3CCCCCC3N)n(C)c12. The molecule has 2 N–H and O–H groups in total. The first-order valence-electron chi connectivity index (χ1n) is 7.36. The van der Waals surface area contributed by atoms with Gasteiger partial charge >= 0.3 is 0 Å². The molecule has 1 aromatic carbocycles. The standard InChI is InChI=1S/C16H23N3/c1-11-7-6-10-14-15(11)19(2)16(18-14)12-8-4-3-5-9-13(12)17/h6-7,10,12-13H,3-5,8-9,17H2,1-2H3. The Kier molecular flexibility index (Phi) is 3.31. The number of imidazole rings is 1. The normalized spacial score (nSPS) is 24.6. The molecule has 2 atom stereocenters. The number of fused-ring (bicyclic) bond motifs is 1. The van der Waals surface area contributed by atoms with Crippen LogP contribution in [-0.2, 0) is 7.05 Å². The third-order valence-electron chi connectivity index (χ3n) is 4.53. The van der Waals surface area contributed by atoms with E-state index in [2.05, 4.69) is 36.7 Å². The monoisotopic (exact) mass is 257 g/mol. The Morgan fingerprint density at radius 3 is 2.79 bits per heavy atom. The van der Waals surface area contributed by atoms with Gasteiger partial charge in [-0.05, 0) is 31.4 Å². The third-order valence-corrected chi connectivity index (χ3v) is 4.53. The average molecular weight is 257 g/mol. The fourth-order valence-corrected chi connectivity index (χ4v) is 3.47. The van der Waals surface area contributed by atoms with Crippen LogP contribution < -0.4 is 5.73 Å². The molecule has 1 aliphatic carbocycles. The lowest BCUT2D eigenvalue weighted by atomic mass is 9.94. The van der Waals surface area contributed by atoms with Gasteiger partial charge in [-0.25, -0.2) is 4.98 Å². The van der Waals surface area contributed by atoms with Gasteiger partial charge in [0.2, 0.25) is 0 Å². The fourth-order valence-electron chi connectivity index (χ4n) is 3.47. The van der Waals surface area contributed by atoms with Gasteiger partial charge in [0, 0.05) is 19.0 Å². The van der Waals surface area contributed by atoms with Gasteiger partial charge in [0.1, 0.15) is 5.82 Å². The zero-order chi connectivity index (χ0) is 13.4. The second-order valence-electron chi connectivity index (χ2n) is 5.88. The van der Waals surface area contributed by atoms with Crippen molar-refractivity contribution in [2.24, 2.45) is 12.8 Å². The van der Waals surface area contributed by atoms with Crippen LogP contribution in [0.5, 0.6) is 0 Å². The molecule has 1 aliphatic rings. The number of nitrogens with zero attached hydrogens (tertiary/aromatic N) is 2. The fraction of sp³-hybridized carbons (Fsp3) is 0.562. The third kappa shape index (κ3) is 2.16. The number of nitrogens with two attached hydrogens (primary N) is 1. The number of hydrogen-bond acceptors (Lipinski definition) is 2. The topological polar surface area (TPSA) is 43.8 Å². The maximum absolute atomic E-state index is 6.39. The Bertz CT molecular complexity index is 585. The van der Waals surface area contributed by atoms with Crippen molar-refractivity contribution < 1.29 is 0 Å². The van der Waals surface area contributed by atoms with Gasteiger partial charge < -0.3 is 10.3 Å². The van der Waals surface area contributed by atoms with E-state index in [1.54, 1.807) is 0 Å². The summed E-state index contributed by atoms with van der Waals surface area (Å²) in [5.74, 6) is 1.60. The minimum atomic E-state index is 0.262. The van der Waals surface area contributed by atoms with Crippen molar-refractivity contribution in [3.63, 3.8) is 0 Å². The van der Waals surface area contributed by atoms with E-state index in [1.807, 2.05) is 0 Å². The van der Waals surface area contributed by atoms with Gasteiger partial charge in [-0.3, -0.25) is 0 Å². The minimum Gasteiger partial charge on any atom is -0.331 e. The minimum absolute atomic E-state index is 0.262. The predicted molar refractivity (Wildman–Crippen MR) is 79.3 cm³/mol. The molecule has 1 saturated carbocycles. The summed E-state index contributed by atoms with van der Waals surface area (Å²) < 4.78 is 2.26. The van der Waals surface area contributed by atoms with E-state index < -0.39 is 0 Å². The molecule has 0 saturated heterocycles. The van der Waals surface area contributed by atoms with E-state index in [4.69, 9.17) is 10.7 Å². The van der Waals surface area contributed by atoms with Gasteiger partial charge in [-0.1, -0.05) is 31.4 Å². The van der Waals surface area contributed by atoms with E-state index in [1.165, 1.54) is 42.6 Å². The van der Waals surface area contributed by atoms with Gasteiger partial charge in [-0.2, -0.15) is 0 Å². The molecule has 102 valence electrons. The Morgan fingerprint density at radius 2 is 2.00 bits per heavy atom. The summed E-state index contributed by atoms with van der Waals surface area (Å²) in [4.78, 5) is 4.87. The van der Waals surface area contributed by atoms with Crippen molar-refractivity contribution in [3.8, 4) is 0 Å². The Hall–Kier alpha value is -1.35. The molecule has 2 aromatic rings. The van der Waals surface area contributed by atoms with Gasteiger partial charge in [0.05, 0.1) is 11.0 Å². The first-order valence-corrected chi connectivity index (χ1v) is 7.36. The van der Waals surface area contributed by atoms with E-state index in [0.29, 0.717) is 5.92 Å². The lowest BCUT2D eigenvalue weighted by Crippen LogP contribution is -2.29. The van der Waals surface area contributed by atoms with Crippen LogP contribution >= 0.6 is 0 Å². The summed E-state index contributed by atoms with van der Waals surface area (Å²) in [7, 11) is 2.13. The molecule has 1 heterocycles. The smallest absolute Gasteiger partial charge is 0.114 e. The molecule has 19 heavy (non-hydrogen) atoms. The molecule has 0 aliphatic heterocycles. The quantitative estimate of drug-likeness (QED) is 0.797. The first-order chi connectivity index (χ1) is 9.18. The molecule has 3 nitrogen and oxygen atoms in total. The summed E-state index contributed by atoms with van der Waals surface area (Å²) in [5, 5.41) is 0. The molecule has 0 spiro atoms. The van der Waals surface area contributed by atoms with Crippen LogP contribution in [0.25, 0.3) is 11.0 Å². The molecule has 0 radical (unpaired) electrons. The maximum Gasteiger partial charge on any atom is 0.114 e. The van der Waals surface area contributed by atoms with Crippen LogP contribution in [0.4, 0.5) is 0 Å². The number of aromatic nitrogens is 2. The van der Waals surface area contributed by atoms with Crippen molar-refractivity contribution in [1.29, 1.82) is 0 Å². The molecule has 3 heteroatoms. The van der Waals surface area contributed by atoms with E-state index in [0.717, 1.165) is 11.9 Å². The largest absolute Gasteiger partial charge is 0.331 e. The van der Waals surface area contributed by atoms with Crippen LogP contribution in [0.3, 0.4) is 0 Å². The summed E-state index contributed by atoms with van der Waals surface area (Å²) in [6.45, 7) is 2.15. The highest BCUT2D eigenvalue weighted by molar-refractivity contribution is 5.79. The zero-order valence-corrected chi connectivity index (χ0v) is 11.9. The van der Waals surface area contributed by atoms with E-state index in [9.17, 15) is 0 Å². The molecule has 1 aromatic heterocycles. The van der Waals surface area contributed by atoms with Gasteiger partial charge in [0.15, 0.2) is 0 Å². The molecule has 0 amide bonds. The second kappa shape index (κ2) is 4.97. The maximum atomic E-state index is 6.39. The van der Waals surface area contributed by atoms with Crippen molar-refractivity contribution in [2.75, 3.05) is 0 Å². The van der Waals surface area contributed by atoms with Crippen molar-refractivity contribution >= 4 is 11.0 Å². The average Bonchev–Trinajstić information content (AvgIpc) is 2.58. The zero-order valence-electron chi connectivity index (χ0n) is 11.9. The van der Waals surface area contributed by atoms with Gasteiger partial charge in [-0.15, -0.1) is 0 Å². The predicted octanol–water partition coefficient (Wildman–Crippen LogP) is 3.26. The van der Waals surface area contributed by atoms with Crippen LogP contribution in [0.15, 0.2) is 18.2 Å². The van der Waals surface area contributed by atoms with Crippen LogP contribution in [0.2, 0.25) is 0 Å². The molecular formula is C16H23N3. The Morgan fingerprint density at radius 1 is 1.21 bits per heavy atom. The molecule has 1 fully saturated rings. The molecular weight excluding hydrogens is 234 g/mol. The summed E-state index contributed by atoms with van der Waals surface area (Å²) >= 11 is 0. The molecule has 0 bridgehead atoms. The number of benzene rings is 1. The van der Waals surface area contributed by atoms with Gasteiger partial charge in [0.25, 0.3) is 0 Å². The highest BCUT2D eigenvalue weighted by Gasteiger charge is 2.26. The van der Waals surface area contributed by atoms with Crippen LogP contribution in [-0.4, -0.2) is 15.6 Å². The number of aryl methyl sites for hydroxylation is 2. The van der Waals surface area contributed by atoms with Crippen LogP contribution in [0.1, 0.15) is 49.4 Å². The van der Waals surface area contributed by atoms with Crippen molar-refractivity contribution in [3.05, 3.63) is 29.6 Å². The van der Waals surface area contributed by atoms with E-state index >= 15 is 0 Å². The second-order valence-corrected chi connectivity index (χ2v) is 5.88. The summed E-state index contributed by atoms with van der Waals surface area (Å²) in [5.41, 5.74) is 10.0. The molecule has 3 rings (SSSR count). The highest BCUT2D eigenvalue weighted by atomic mass is 15.1. The van der Waals surface area contributed by atoms with E-state index in [-0.39, 0.29) is 6.04 Å². The van der Waals surface area contributed by atoms with Crippen LogP contribution in [0, 0.1) is 6.92 Å². The lowest BCUT2D eigenvalue weighted by Gasteiger charge is -2.21.